The van der Waals surface area contributed by atoms with Gasteiger partial charge in [-0.3, -0.25) is 10.1 Å². The molecule has 0 bridgehead atoms. The van der Waals surface area contributed by atoms with Crippen molar-refractivity contribution >= 4 is 18.5 Å². The van der Waals surface area contributed by atoms with Crippen molar-refractivity contribution in [3.05, 3.63) is 24.7 Å². The van der Waals surface area contributed by atoms with Crippen LogP contribution in [0.15, 0.2) is 24.7 Å². The van der Waals surface area contributed by atoms with Gasteiger partial charge in [0.05, 0.1) is 18.1 Å². The highest BCUT2D eigenvalue weighted by molar-refractivity contribution is 7.81. The molecular formula is C7H7N5S. The molecule has 2 aromatic rings. The van der Waals surface area contributed by atoms with Crippen molar-refractivity contribution < 1.29 is 0 Å². The lowest BCUT2D eigenvalue weighted by Gasteiger charge is -2.02. The number of pyridine rings is 1. The third kappa shape index (κ3) is 1.48. The molecule has 0 aliphatic carbocycles. The minimum atomic E-state index is 0.763. The summed E-state index contributed by atoms with van der Waals surface area (Å²) in [5.74, 6) is 0. The fourth-order valence-corrected chi connectivity index (χ4v) is 1.22. The Hall–Kier alpha value is -1.56. The molecule has 0 saturated carbocycles. The van der Waals surface area contributed by atoms with E-state index in [1.165, 1.54) is 0 Å². The number of anilines is 1. The highest BCUT2D eigenvalue weighted by Gasteiger charge is 2.05. The Morgan fingerprint density at radius 2 is 2.38 bits per heavy atom. The van der Waals surface area contributed by atoms with E-state index in [9.17, 15) is 0 Å². The Morgan fingerprint density at radius 1 is 1.46 bits per heavy atom. The number of aromatic nitrogens is 4. The lowest BCUT2D eigenvalue weighted by Crippen LogP contribution is -1.88. The molecule has 0 aromatic carbocycles. The highest BCUT2D eigenvalue weighted by Crippen LogP contribution is 2.24. The van der Waals surface area contributed by atoms with Crippen molar-refractivity contribution in [1.29, 1.82) is 0 Å². The van der Waals surface area contributed by atoms with Gasteiger partial charge < -0.3 is 4.72 Å². The minimum Gasteiger partial charge on any atom is -0.330 e. The van der Waals surface area contributed by atoms with Crippen LogP contribution < -0.4 is 4.72 Å². The van der Waals surface area contributed by atoms with Gasteiger partial charge in [0.25, 0.3) is 0 Å². The molecule has 0 saturated heterocycles. The van der Waals surface area contributed by atoms with Gasteiger partial charge in [0.1, 0.15) is 5.69 Å². The number of hydrogen-bond donors (Lipinski definition) is 3. The average Bonchev–Trinajstić information content (AvgIpc) is 2.70. The summed E-state index contributed by atoms with van der Waals surface area (Å²) >= 11 is 3.96. The zero-order valence-corrected chi connectivity index (χ0v) is 7.49. The van der Waals surface area contributed by atoms with Crippen molar-refractivity contribution in [3.8, 4) is 11.3 Å². The molecule has 0 amide bonds. The second-order valence-electron chi connectivity index (χ2n) is 2.39. The van der Waals surface area contributed by atoms with Crippen LogP contribution in [-0.2, 0) is 0 Å². The summed E-state index contributed by atoms with van der Waals surface area (Å²) in [4.78, 5) is 3.96. The maximum absolute atomic E-state index is 3.96. The van der Waals surface area contributed by atoms with Gasteiger partial charge in [0.2, 0.25) is 0 Å². The Labute approximate surface area is 80.1 Å². The Kier molecular flexibility index (Phi) is 2.13. The molecule has 2 aromatic heterocycles. The molecule has 13 heavy (non-hydrogen) atoms. The van der Waals surface area contributed by atoms with Crippen LogP contribution in [0.25, 0.3) is 11.3 Å². The lowest BCUT2D eigenvalue weighted by atomic mass is 10.2. The second-order valence-corrected chi connectivity index (χ2v) is 2.62. The van der Waals surface area contributed by atoms with Gasteiger partial charge in [-0.1, -0.05) is 18.0 Å². The summed E-state index contributed by atoms with van der Waals surface area (Å²) in [5.41, 5.74) is 2.48. The Balaban J connectivity index is 2.51. The number of nitrogens with zero attached hydrogens (tertiary/aromatic N) is 3. The predicted molar refractivity (Wildman–Crippen MR) is 52.2 cm³/mol. The third-order valence-electron chi connectivity index (χ3n) is 1.63. The molecule has 2 heterocycles. The van der Waals surface area contributed by atoms with Gasteiger partial charge in [0, 0.05) is 11.8 Å². The molecule has 0 fully saturated rings. The third-order valence-corrected chi connectivity index (χ3v) is 1.88. The van der Waals surface area contributed by atoms with Gasteiger partial charge in [0.15, 0.2) is 0 Å². The molecule has 2 N–H and O–H groups in total. The summed E-state index contributed by atoms with van der Waals surface area (Å²) in [7, 11) is 0. The van der Waals surface area contributed by atoms with E-state index in [4.69, 9.17) is 0 Å². The topological polar surface area (TPSA) is 66.5 Å². The zero-order chi connectivity index (χ0) is 9.10. The average molecular weight is 193 g/mol. The molecule has 0 spiro atoms. The molecule has 0 aliphatic heterocycles. The van der Waals surface area contributed by atoms with E-state index in [0.29, 0.717) is 0 Å². The molecule has 0 radical (unpaired) electrons. The van der Waals surface area contributed by atoms with E-state index in [2.05, 4.69) is 37.9 Å². The largest absolute Gasteiger partial charge is 0.330 e. The summed E-state index contributed by atoms with van der Waals surface area (Å²) in [6.45, 7) is 0. The smallest absolute Gasteiger partial charge is 0.114 e. The van der Waals surface area contributed by atoms with E-state index in [1.54, 1.807) is 18.6 Å². The molecular weight excluding hydrogens is 186 g/mol. The second kappa shape index (κ2) is 3.44. The van der Waals surface area contributed by atoms with E-state index in [1.807, 2.05) is 6.07 Å². The standard InChI is InChI=1S/C7H7N5S/c13-11-7-3-8-2-1-5(7)6-4-9-12-10-6/h1-4,11,13H,(H,9,10,12). The first-order valence-electron chi connectivity index (χ1n) is 3.63. The molecule has 6 heteroatoms. The first-order valence-corrected chi connectivity index (χ1v) is 4.07. The van der Waals surface area contributed by atoms with Crippen LogP contribution in [0.1, 0.15) is 0 Å². The fraction of sp³-hybridized carbons (Fsp3) is 0. The quantitative estimate of drug-likeness (QED) is 0.625. The summed E-state index contributed by atoms with van der Waals surface area (Å²) in [6.07, 6.45) is 5.08. The Bertz CT molecular complexity index is 386. The van der Waals surface area contributed by atoms with Gasteiger partial charge in [-0.2, -0.15) is 0 Å². The molecule has 5 nitrogen and oxygen atoms in total. The van der Waals surface area contributed by atoms with Gasteiger partial charge >= 0.3 is 0 Å². The van der Waals surface area contributed by atoms with E-state index < -0.39 is 0 Å². The normalized spacial score (nSPS) is 9.92. The molecule has 0 atom stereocenters. The summed E-state index contributed by atoms with van der Waals surface area (Å²) in [6, 6.07) is 1.84. The monoisotopic (exact) mass is 193 g/mol. The maximum Gasteiger partial charge on any atom is 0.114 e. The van der Waals surface area contributed by atoms with E-state index in [0.717, 1.165) is 16.9 Å². The van der Waals surface area contributed by atoms with Gasteiger partial charge in [-0.05, 0) is 6.07 Å². The molecule has 66 valence electrons. The lowest BCUT2D eigenvalue weighted by molar-refractivity contribution is 0.942. The number of nitrogens with one attached hydrogen (secondary N) is 2. The van der Waals surface area contributed by atoms with Crippen molar-refractivity contribution in [2.24, 2.45) is 0 Å². The van der Waals surface area contributed by atoms with Crippen LogP contribution in [0.3, 0.4) is 0 Å². The number of H-pyrrole nitrogens is 1. The maximum atomic E-state index is 3.96. The first kappa shape index (κ1) is 8.06. The summed E-state index contributed by atoms with van der Waals surface area (Å²) < 4.78 is 2.73. The van der Waals surface area contributed by atoms with Crippen molar-refractivity contribution in [2.45, 2.75) is 0 Å². The number of rotatable bonds is 2. The fourth-order valence-electron chi connectivity index (χ4n) is 1.04. The first-order chi connectivity index (χ1) is 6.42. The highest BCUT2D eigenvalue weighted by atomic mass is 32.1. The SMILES string of the molecule is SNc1cnccc1-c1c[nH]nn1. The Morgan fingerprint density at radius 3 is 3.08 bits per heavy atom. The molecule has 2 rings (SSSR count). The zero-order valence-electron chi connectivity index (χ0n) is 6.60. The van der Waals surface area contributed by atoms with Crippen LogP contribution in [0.2, 0.25) is 0 Å². The van der Waals surface area contributed by atoms with E-state index >= 15 is 0 Å². The van der Waals surface area contributed by atoms with Gasteiger partial charge in [-0.15, -0.1) is 5.10 Å². The van der Waals surface area contributed by atoms with Crippen LogP contribution in [-0.4, -0.2) is 20.4 Å². The number of hydrogen-bond acceptors (Lipinski definition) is 5. The van der Waals surface area contributed by atoms with Crippen molar-refractivity contribution in [2.75, 3.05) is 4.72 Å². The van der Waals surface area contributed by atoms with E-state index in [-0.39, 0.29) is 0 Å². The molecule has 0 aliphatic rings. The summed E-state index contributed by atoms with van der Waals surface area (Å²) in [5, 5.41) is 10.2. The van der Waals surface area contributed by atoms with Crippen LogP contribution in [0.5, 0.6) is 0 Å². The van der Waals surface area contributed by atoms with Crippen molar-refractivity contribution in [3.63, 3.8) is 0 Å². The van der Waals surface area contributed by atoms with Crippen LogP contribution in [0, 0.1) is 0 Å². The predicted octanol–water partition coefficient (Wildman–Crippen LogP) is 1.12. The molecule has 0 unspecified atom stereocenters. The van der Waals surface area contributed by atoms with Crippen LogP contribution in [0.4, 0.5) is 5.69 Å². The van der Waals surface area contributed by atoms with Crippen LogP contribution >= 0.6 is 12.8 Å². The minimum absolute atomic E-state index is 0.763. The number of aromatic amines is 1. The van der Waals surface area contributed by atoms with Crippen molar-refractivity contribution in [1.82, 2.24) is 20.4 Å². The van der Waals surface area contributed by atoms with Gasteiger partial charge in [-0.25, -0.2) is 0 Å². The number of thiol groups is 1.